The zero-order chi connectivity index (χ0) is 22.3. The maximum absolute atomic E-state index is 12.1. The van der Waals surface area contributed by atoms with Crippen LogP contribution >= 0.6 is 0 Å². The molecule has 0 spiro atoms. The number of benzene rings is 3. The normalized spacial score (nSPS) is 9.61. The molecule has 0 N–H and O–H groups in total. The Balaban J connectivity index is 0.000000370. The minimum atomic E-state index is -0.467. The summed E-state index contributed by atoms with van der Waals surface area (Å²) in [5.74, 6) is 0.965. The van der Waals surface area contributed by atoms with Crippen LogP contribution in [0.15, 0.2) is 48.5 Å². The van der Waals surface area contributed by atoms with Gasteiger partial charge in [-0.1, -0.05) is 39.8 Å². The van der Waals surface area contributed by atoms with E-state index in [1.807, 2.05) is 39.8 Å². The van der Waals surface area contributed by atoms with Crippen LogP contribution in [0.2, 0.25) is 0 Å². The Kier molecular flexibility index (Phi) is 10.8. The molecule has 0 heterocycles. The molecule has 0 aromatic heterocycles. The number of carbonyl (C=O) groups excluding carboxylic acids is 2. The summed E-state index contributed by atoms with van der Waals surface area (Å²) >= 11 is 0. The van der Waals surface area contributed by atoms with E-state index in [0.29, 0.717) is 16.9 Å². The van der Waals surface area contributed by atoms with Gasteiger partial charge in [-0.3, -0.25) is 4.79 Å². The molecule has 0 fully saturated rings. The van der Waals surface area contributed by atoms with Crippen LogP contribution in [0, 0.1) is 39.8 Å². The van der Waals surface area contributed by atoms with Gasteiger partial charge >= 0.3 is 5.97 Å². The van der Waals surface area contributed by atoms with Crippen molar-refractivity contribution in [2.45, 2.75) is 34.6 Å². The first-order valence-corrected chi connectivity index (χ1v) is 9.56. The summed E-state index contributed by atoms with van der Waals surface area (Å²) < 4.78 is 10.6. The molecule has 0 bridgehead atoms. The van der Waals surface area contributed by atoms with E-state index in [2.05, 4.69) is 12.1 Å². The van der Waals surface area contributed by atoms with Crippen LogP contribution in [0.5, 0.6) is 11.5 Å². The van der Waals surface area contributed by atoms with Crippen LogP contribution in [0.25, 0.3) is 0 Å². The third-order valence-electron chi connectivity index (χ3n) is 4.54. The van der Waals surface area contributed by atoms with E-state index in [4.69, 9.17) is 9.47 Å². The molecule has 31 heavy (non-hydrogen) atoms. The molecule has 3 rings (SSSR count). The number of methoxy groups -OCH3 is 1. The van der Waals surface area contributed by atoms with Crippen molar-refractivity contribution in [2.75, 3.05) is 7.11 Å². The summed E-state index contributed by atoms with van der Waals surface area (Å²) in [6, 6.07) is 19.9. The van der Waals surface area contributed by atoms with Gasteiger partial charge in [-0.2, -0.15) is 36.4 Å². The van der Waals surface area contributed by atoms with E-state index in [9.17, 15) is 9.59 Å². The number of esters is 1. The van der Waals surface area contributed by atoms with Crippen molar-refractivity contribution in [3.63, 3.8) is 0 Å². The van der Waals surface area contributed by atoms with Crippen LogP contribution in [-0.2, 0) is 32.7 Å². The number of rotatable bonds is 4. The molecule has 0 saturated heterocycles. The molecule has 0 aliphatic carbocycles. The molecular formula is C26H26O4Y-2. The summed E-state index contributed by atoms with van der Waals surface area (Å²) in [6.07, 6.45) is 0. The summed E-state index contributed by atoms with van der Waals surface area (Å²) in [7, 11) is 1.69. The summed E-state index contributed by atoms with van der Waals surface area (Å²) in [6.45, 7) is 9.21. The van der Waals surface area contributed by atoms with Gasteiger partial charge in [-0.15, -0.1) is 22.3 Å². The number of aryl methyl sites for hydroxylation is 4. The van der Waals surface area contributed by atoms with Gasteiger partial charge in [-0.25, -0.2) is 4.79 Å². The second-order valence-corrected chi connectivity index (χ2v) is 7.03. The second-order valence-electron chi connectivity index (χ2n) is 7.03. The van der Waals surface area contributed by atoms with E-state index >= 15 is 0 Å². The van der Waals surface area contributed by atoms with Crippen LogP contribution in [-0.4, -0.2) is 18.9 Å². The van der Waals surface area contributed by atoms with Crippen molar-refractivity contribution in [1.82, 2.24) is 0 Å². The Labute approximate surface area is 209 Å². The first kappa shape index (κ1) is 26.7. The van der Waals surface area contributed by atoms with Crippen molar-refractivity contribution in [3.05, 3.63) is 94.0 Å². The fraction of sp³-hybridized carbons (Fsp3) is 0.231. The van der Waals surface area contributed by atoms with Gasteiger partial charge in [0, 0.05) is 49.8 Å². The average molecular weight is 491 g/mol. The Bertz CT molecular complexity index is 1020. The Morgan fingerprint density at radius 2 is 1.23 bits per heavy atom. The van der Waals surface area contributed by atoms with Crippen LogP contribution in [0.1, 0.15) is 49.9 Å². The summed E-state index contributed by atoms with van der Waals surface area (Å²) in [4.78, 5) is 23.5. The fourth-order valence-corrected chi connectivity index (χ4v) is 2.97. The Morgan fingerprint density at radius 3 is 1.65 bits per heavy atom. The monoisotopic (exact) mass is 491 g/mol. The second kappa shape index (κ2) is 12.5. The smallest absolute Gasteiger partial charge is 0.341 e. The number of hydrogen-bond acceptors (Lipinski definition) is 4. The molecule has 0 unspecified atom stereocenters. The standard InChI is InChI=1S/C17H15O3.C9H11O.Y/c1-11-6-4-7-12(2)16(11)20-17(19)15-9-5-8-14(10-15)13(3)18;1-7-5-4-6-8(2)9(7)10-3;/h5-10H,1-3H3;5-6H,1-3H3;/q2*-1;. The molecule has 0 amide bonds. The van der Waals surface area contributed by atoms with Gasteiger partial charge in [0.05, 0.1) is 12.7 Å². The minimum Gasteiger partial charge on any atom is -0.522 e. The zero-order valence-corrected chi connectivity index (χ0v) is 21.7. The van der Waals surface area contributed by atoms with Crippen molar-refractivity contribution in [1.29, 1.82) is 0 Å². The van der Waals surface area contributed by atoms with Crippen molar-refractivity contribution < 1.29 is 51.8 Å². The van der Waals surface area contributed by atoms with Gasteiger partial charge in [0.15, 0.2) is 5.78 Å². The fourth-order valence-electron chi connectivity index (χ4n) is 2.97. The van der Waals surface area contributed by atoms with E-state index in [0.717, 1.165) is 28.0 Å². The van der Waals surface area contributed by atoms with E-state index in [1.165, 1.54) is 6.92 Å². The zero-order valence-electron chi connectivity index (χ0n) is 18.8. The largest absolute Gasteiger partial charge is 0.522 e. The van der Waals surface area contributed by atoms with Crippen LogP contribution in [0.4, 0.5) is 0 Å². The number of carbonyl (C=O) groups is 2. The van der Waals surface area contributed by atoms with Crippen LogP contribution < -0.4 is 9.47 Å². The number of Topliss-reactive ketones (excluding diaryl/α,β-unsaturated/α-hetero) is 1. The molecule has 0 aliphatic rings. The maximum Gasteiger partial charge on any atom is 0.341 e. The quantitative estimate of drug-likeness (QED) is 0.205. The van der Waals surface area contributed by atoms with Gasteiger partial charge in [0.25, 0.3) is 0 Å². The Morgan fingerprint density at radius 1 is 0.774 bits per heavy atom. The first-order chi connectivity index (χ1) is 14.2. The first-order valence-electron chi connectivity index (χ1n) is 9.56. The molecule has 0 atom stereocenters. The van der Waals surface area contributed by atoms with Gasteiger partial charge in [-0.05, 0) is 19.1 Å². The Hall–Kier alpha value is -2.30. The van der Waals surface area contributed by atoms with Crippen LogP contribution in [0.3, 0.4) is 0 Å². The molecule has 4 nitrogen and oxygen atoms in total. The van der Waals surface area contributed by atoms with Gasteiger partial charge < -0.3 is 9.47 Å². The van der Waals surface area contributed by atoms with Gasteiger partial charge in [0.2, 0.25) is 0 Å². The van der Waals surface area contributed by atoms with E-state index in [1.54, 1.807) is 43.5 Å². The number of ketones is 1. The topological polar surface area (TPSA) is 52.6 Å². The van der Waals surface area contributed by atoms with Gasteiger partial charge in [0.1, 0.15) is 0 Å². The summed E-state index contributed by atoms with van der Waals surface area (Å²) in [5, 5.41) is 0. The predicted molar refractivity (Wildman–Crippen MR) is 117 cm³/mol. The van der Waals surface area contributed by atoms with E-state index < -0.39 is 5.97 Å². The third-order valence-corrected chi connectivity index (χ3v) is 4.54. The molecule has 159 valence electrons. The molecule has 0 saturated carbocycles. The number of ether oxygens (including phenoxy) is 2. The number of hydrogen-bond donors (Lipinski definition) is 0. The molecular weight excluding hydrogens is 465 g/mol. The van der Waals surface area contributed by atoms with Crippen molar-refractivity contribution in [3.8, 4) is 11.5 Å². The average Bonchev–Trinajstić information content (AvgIpc) is 2.71. The minimum absolute atomic E-state index is 0. The maximum atomic E-state index is 12.1. The molecule has 0 aliphatic heterocycles. The van der Waals surface area contributed by atoms with Crippen molar-refractivity contribution in [2.24, 2.45) is 0 Å². The molecule has 1 radical (unpaired) electrons. The summed E-state index contributed by atoms with van der Waals surface area (Å²) in [5.41, 5.74) is 4.84. The SMILES string of the molecule is CC(=O)c1cccc(C(=O)Oc2c(C)c[c-]cc2C)c1.COc1c(C)c[c-]cc1C.[Y]. The molecule has 5 heteroatoms. The predicted octanol–water partition coefficient (Wildman–Crippen LogP) is 5.64. The van der Waals surface area contributed by atoms with Crippen molar-refractivity contribution >= 4 is 11.8 Å². The molecule has 3 aromatic rings. The third kappa shape index (κ3) is 7.41. The molecule has 3 aromatic carbocycles. The van der Waals surface area contributed by atoms with E-state index in [-0.39, 0.29) is 38.5 Å².